The SMILES string of the molecule is CCN(Cc1ccccc1)C(=O)c1ccnc(NC2CCCCCC2)n1. The van der Waals surface area contributed by atoms with Crippen molar-refractivity contribution < 1.29 is 4.79 Å². The summed E-state index contributed by atoms with van der Waals surface area (Å²) in [6, 6.07) is 12.2. The molecule has 1 aliphatic carbocycles. The molecule has 1 aromatic heterocycles. The molecule has 1 N–H and O–H groups in total. The Bertz CT molecular complexity index is 696. The van der Waals surface area contributed by atoms with Crippen LogP contribution in [-0.2, 0) is 6.54 Å². The summed E-state index contributed by atoms with van der Waals surface area (Å²) < 4.78 is 0. The van der Waals surface area contributed by atoms with Crippen LogP contribution in [0.2, 0.25) is 0 Å². The van der Waals surface area contributed by atoms with E-state index in [1.807, 2.05) is 42.2 Å². The second kappa shape index (κ2) is 9.32. The highest BCUT2D eigenvalue weighted by atomic mass is 16.2. The molecule has 0 spiro atoms. The van der Waals surface area contributed by atoms with Gasteiger partial charge in [0.25, 0.3) is 5.91 Å². The van der Waals surface area contributed by atoms with Crippen molar-refractivity contribution in [1.82, 2.24) is 14.9 Å². The van der Waals surface area contributed by atoms with E-state index in [9.17, 15) is 4.79 Å². The summed E-state index contributed by atoms with van der Waals surface area (Å²) in [5, 5.41) is 3.43. The Morgan fingerprint density at radius 1 is 1.12 bits per heavy atom. The smallest absolute Gasteiger partial charge is 0.272 e. The number of nitrogens with one attached hydrogen (secondary N) is 1. The topological polar surface area (TPSA) is 58.1 Å². The highest BCUT2D eigenvalue weighted by Gasteiger charge is 2.18. The molecule has 0 saturated heterocycles. The summed E-state index contributed by atoms with van der Waals surface area (Å²) in [7, 11) is 0. The minimum absolute atomic E-state index is 0.0531. The van der Waals surface area contributed by atoms with Gasteiger partial charge in [0.05, 0.1) is 0 Å². The first kappa shape index (κ1) is 18.4. The van der Waals surface area contributed by atoms with Crippen LogP contribution in [0.5, 0.6) is 0 Å². The average molecular weight is 352 g/mol. The van der Waals surface area contributed by atoms with Gasteiger partial charge in [-0.15, -0.1) is 0 Å². The number of carbonyl (C=O) groups is 1. The molecule has 2 aromatic rings. The molecule has 0 bridgehead atoms. The molecule has 1 aromatic carbocycles. The predicted molar refractivity (Wildman–Crippen MR) is 104 cm³/mol. The Morgan fingerprint density at radius 3 is 2.54 bits per heavy atom. The lowest BCUT2D eigenvalue weighted by atomic mass is 10.1. The van der Waals surface area contributed by atoms with Crippen LogP contribution in [0, 0.1) is 0 Å². The van der Waals surface area contributed by atoms with Gasteiger partial charge in [-0.05, 0) is 31.4 Å². The number of aromatic nitrogens is 2. The number of carbonyl (C=O) groups excluding carboxylic acids is 1. The van der Waals surface area contributed by atoms with Gasteiger partial charge in [-0.3, -0.25) is 4.79 Å². The van der Waals surface area contributed by atoms with Gasteiger partial charge in [0.1, 0.15) is 5.69 Å². The van der Waals surface area contributed by atoms with E-state index >= 15 is 0 Å². The van der Waals surface area contributed by atoms with Crippen molar-refractivity contribution in [3.05, 3.63) is 53.9 Å². The quantitative estimate of drug-likeness (QED) is 0.789. The van der Waals surface area contributed by atoms with Crippen LogP contribution in [0.25, 0.3) is 0 Å². The van der Waals surface area contributed by atoms with Crippen molar-refractivity contribution in [1.29, 1.82) is 0 Å². The molecule has 0 radical (unpaired) electrons. The van der Waals surface area contributed by atoms with E-state index in [0.717, 1.165) is 18.4 Å². The lowest BCUT2D eigenvalue weighted by molar-refractivity contribution is 0.0746. The summed E-state index contributed by atoms with van der Waals surface area (Å²) in [6.07, 6.45) is 9.09. The highest BCUT2D eigenvalue weighted by Crippen LogP contribution is 2.20. The van der Waals surface area contributed by atoms with E-state index in [0.29, 0.717) is 30.8 Å². The number of nitrogens with zero attached hydrogens (tertiary/aromatic N) is 3. The molecular formula is C21H28N4O. The van der Waals surface area contributed by atoms with Crippen molar-refractivity contribution in [3.63, 3.8) is 0 Å². The number of benzene rings is 1. The standard InChI is InChI=1S/C21H28N4O/c1-2-25(16-17-10-6-5-7-11-17)20(26)19-14-15-22-21(24-19)23-18-12-8-3-4-9-13-18/h5-7,10-11,14-15,18H,2-4,8-9,12-13,16H2,1H3,(H,22,23,24). The van der Waals surface area contributed by atoms with Crippen LogP contribution in [0.3, 0.4) is 0 Å². The molecule has 3 rings (SSSR count). The summed E-state index contributed by atoms with van der Waals surface area (Å²) in [5.74, 6) is 0.515. The van der Waals surface area contributed by atoms with Gasteiger partial charge >= 0.3 is 0 Å². The molecule has 138 valence electrons. The molecule has 26 heavy (non-hydrogen) atoms. The van der Waals surface area contributed by atoms with Gasteiger partial charge in [-0.1, -0.05) is 56.0 Å². The predicted octanol–water partition coefficient (Wildman–Crippen LogP) is 4.27. The number of rotatable bonds is 6. The van der Waals surface area contributed by atoms with Crippen LogP contribution >= 0.6 is 0 Å². The van der Waals surface area contributed by atoms with E-state index in [1.54, 1.807) is 12.3 Å². The van der Waals surface area contributed by atoms with Gasteiger partial charge < -0.3 is 10.2 Å². The lowest BCUT2D eigenvalue weighted by Gasteiger charge is -2.21. The minimum atomic E-state index is -0.0531. The second-order valence-corrected chi connectivity index (χ2v) is 6.90. The van der Waals surface area contributed by atoms with Crippen LogP contribution in [0.15, 0.2) is 42.6 Å². The molecule has 5 nitrogen and oxygen atoms in total. The summed E-state index contributed by atoms with van der Waals surface area (Å²) in [5.41, 5.74) is 1.57. The Morgan fingerprint density at radius 2 is 1.85 bits per heavy atom. The summed E-state index contributed by atoms with van der Waals surface area (Å²) in [4.78, 5) is 23.5. The average Bonchev–Trinajstić information content (AvgIpc) is 2.95. The number of amides is 1. The van der Waals surface area contributed by atoms with Crippen molar-refractivity contribution in [2.24, 2.45) is 0 Å². The first-order valence-corrected chi connectivity index (χ1v) is 9.69. The zero-order valence-electron chi connectivity index (χ0n) is 15.5. The lowest BCUT2D eigenvalue weighted by Crippen LogP contribution is -2.31. The molecule has 1 aliphatic rings. The van der Waals surface area contributed by atoms with E-state index in [2.05, 4.69) is 15.3 Å². The van der Waals surface area contributed by atoms with Gasteiger partial charge in [0.15, 0.2) is 0 Å². The third-order valence-electron chi connectivity index (χ3n) is 4.95. The van der Waals surface area contributed by atoms with Crippen LogP contribution < -0.4 is 5.32 Å². The van der Waals surface area contributed by atoms with E-state index in [1.165, 1.54) is 25.7 Å². The molecule has 0 atom stereocenters. The number of hydrogen-bond donors (Lipinski definition) is 1. The van der Waals surface area contributed by atoms with Gasteiger partial charge in [0.2, 0.25) is 5.95 Å². The molecule has 1 amide bonds. The van der Waals surface area contributed by atoms with Gasteiger partial charge in [-0.25, -0.2) is 9.97 Å². The third-order valence-corrected chi connectivity index (χ3v) is 4.95. The van der Waals surface area contributed by atoms with E-state index < -0.39 is 0 Å². The van der Waals surface area contributed by atoms with Crippen molar-refractivity contribution in [3.8, 4) is 0 Å². The molecule has 5 heteroatoms. The maximum absolute atomic E-state index is 12.9. The zero-order valence-corrected chi connectivity index (χ0v) is 15.5. The molecule has 1 fully saturated rings. The van der Waals surface area contributed by atoms with Gasteiger partial charge in [-0.2, -0.15) is 0 Å². The van der Waals surface area contributed by atoms with E-state index in [4.69, 9.17) is 0 Å². The zero-order chi connectivity index (χ0) is 18.2. The molecule has 0 unspecified atom stereocenters. The van der Waals surface area contributed by atoms with Crippen LogP contribution in [0.1, 0.15) is 61.5 Å². The maximum Gasteiger partial charge on any atom is 0.272 e. The van der Waals surface area contributed by atoms with Crippen LogP contribution in [0.4, 0.5) is 5.95 Å². The Kier molecular flexibility index (Phi) is 6.58. The van der Waals surface area contributed by atoms with Crippen LogP contribution in [-0.4, -0.2) is 33.4 Å². The Labute approximate surface area is 155 Å². The fourth-order valence-corrected chi connectivity index (χ4v) is 3.45. The first-order chi connectivity index (χ1) is 12.8. The fraction of sp³-hybridized carbons (Fsp3) is 0.476. The number of hydrogen-bond acceptors (Lipinski definition) is 4. The minimum Gasteiger partial charge on any atom is -0.351 e. The monoisotopic (exact) mass is 352 g/mol. The van der Waals surface area contributed by atoms with E-state index in [-0.39, 0.29) is 5.91 Å². The third kappa shape index (κ3) is 5.04. The molecule has 1 saturated carbocycles. The van der Waals surface area contributed by atoms with Crippen molar-refractivity contribution >= 4 is 11.9 Å². The van der Waals surface area contributed by atoms with Gasteiger partial charge in [0, 0.05) is 25.3 Å². The van der Waals surface area contributed by atoms with Crippen molar-refractivity contribution in [2.45, 2.75) is 58.0 Å². The summed E-state index contributed by atoms with van der Waals surface area (Å²) in [6.45, 7) is 3.22. The largest absolute Gasteiger partial charge is 0.351 e. The Balaban J connectivity index is 1.68. The molecule has 1 heterocycles. The molecule has 0 aliphatic heterocycles. The maximum atomic E-state index is 12.9. The molecular weight excluding hydrogens is 324 g/mol. The number of anilines is 1. The fourth-order valence-electron chi connectivity index (χ4n) is 3.45. The normalized spacial score (nSPS) is 15.3. The first-order valence-electron chi connectivity index (χ1n) is 9.69. The summed E-state index contributed by atoms with van der Waals surface area (Å²) >= 11 is 0. The Hall–Kier alpha value is -2.43. The second-order valence-electron chi connectivity index (χ2n) is 6.90. The highest BCUT2D eigenvalue weighted by molar-refractivity contribution is 5.92. The van der Waals surface area contributed by atoms with Crippen molar-refractivity contribution in [2.75, 3.05) is 11.9 Å².